The number of hydrogen-bond donors (Lipinski definition) is 0. The second kappa shape index (κ2) is 5.23. The van der Waals surface area contributed by atoms with E-state index in [1.165, 1.54) is 11.8 Å². The number of carbonyl (C=O) groups excluding carboxylic acids is 2. The van der Waals surface area contributed by atoms with E-state index < -0.39 is 11.2 Å². The van der Waals surface area contributed by atoms with Crippen molar-refractivity contribution >= 4 is 23.5 Å². The largest absolute Gasteiger partial charge is 0.485 e. The number of ether oxygens (including phenoxy) is 2. The zero-order valence-electron chi connectivity index (χ0n) is 9.34. The fraction of sp³-hybridized carbons (Fsp3) is 0.333. The van der Waals surface area contributed by atoms with Crippen molar-refractivity contribution in [1.29, 1.82) is 0 Å². The van der Waals surface area contributed by atoms with E-state index in [0.717, 1.165) is 4.90 Å². The SMILES string of the molecule is CCOC(=O)C1Sc2ccccc2OCC1=O. The molecule has 1 unspecified atom stereocenters. The number of fused-ring (bicyclic) bond motifs is 1. The molecule has 1 aromatic carbocycles. The first kappa shape index (κ1) is 12.0. The summed E-state index contributed by atoms with van der Waals surface area (Å²) in [6.07, 6.45) is 0. The first-order chi connectivity index (χ1) is 8.22. The van der Waals surface area contributed by atoms with Gasteiger partial charge in [-0.25, -0.2) is 0 Å². The molecule has 1 aliphatic heterocycles. The molecule has 0 amide bonds. The molecular formula is C12H12O4S. The summed E-state index contributed by atoms with van der Waals surface area (Å²) in [7, 11) is 0. The molecule has 2 rings (SSSR count). The zero-order valence-corrected chi connectivity index (χ0v) is 10.2. The lowest BCUT2D eigenvalue weighted by molar-refractivity contribution is -0.145. The van der Waals surface area contributed by atoms with Crippen LogP contribution in [0.3, 0.4) is 0 Å². The Kier molecular flexibility index (Phi) is 3.68. The molecule has 4 nitrogen and oxygen atoms in total. The van der Waals surface area contributed by atoms with Crippen LogP contribution in [-0.2, 0) is 14.3 Å². The van der Waals surface area contributed by atoms with Gasteiger partial charge >= 0.3 is 5.97 Å². The van der Waals surface area contributed by atoms with Gasteiger partial charge in [0.2, 0.25) is 0 Å². The van der Waals surface area contributed by atoms with Crippen molar-refractivity contribution in [3.05, 3.63) is 24.3 Å². The van der Waals surface area contributed by atoms with E-state index in [-0.39, 0.29) is 19.0 Å². The lowest BCUT2D eigenvalue weighted by atomic mass is 10.3. The van der Waals surface area contributed by atoms with E-state index >= 15 is 0 Å². The second-order valence-corrected chi connectivity index (χ2v) is 4.60. The number of rotatable bonds is 2. The smallest absolute Gasteiger partial charge is 0.327 e. The van der Waals surface area contributed by atoms with E-state index in [1.54, 1.807) is 13.0 Å². The minimum absolute atomic E-state index is 0.0898. The number of para-hydroxylation sites is 1. The van der Waals surface area contributed by atoms with Crippen molar-refractivity contribution in [3.8, 4) is 5.75 Å². The van der Waals surface area contributed by atoms with Gasteiger partial charge in [-0.1, -0.05) is 23.9 Å². The fourth-order valence-corrected chi connectivity index (χ4v) is 2.50. The van der Waals surface area contributed by atoms with Crippen LogP contribution >= 0.6 is 11.8 Å². The summed E-state index contributed by atoms with van der Waals surface area (Å²) < 4.78 is 10.2. The molecule has 0 N–H and O–H groups in total. The third-order valence-corrected chi connectivity index (χ3v) is 3.54. The maximum Gasteiger partial charge on any atom is 0.327 e. The topological polar surface area (TPSA) is 52.6 Å². The van der Waals surface area contributed by atoms with Crippen LogP contribution in [0, 0.1) is 0 Å². The molecule has 0 spiro atoms. The highest BCUT2D eigenvalue weighted by molar-refractivity contribution is 8.01. The van der Waals surface area contributed by atoms with E-state index in [1.807, 2.05) is 18.2 Å². The predicted molar refractivity (Wildman–Crippen MR) is 63.2 cm³/mol. The Balaban J connectivity index is 2.24. The van der Waals surface area contributed by atoms with Crippen LogP contribution in [0.15, 0.2) is 29.2 Å². The number of Topliss-reactive ketones (excluding diaryl/α,β-unsaturated/α-hetero) is 1. The van der Waals surface area contributed by atoms with E-state index in [9.17, 15) is 9.59 Å². The Hall–Kier alpha value is -1.49. The normalized spacial score (nSPS) is 18.9. The maximum absolute atomic E-state index is 11.8. The summed E-state index contributed by atoms with van der Waals surface area (Å²) >= 11 is 1.18. The van der Waals surface area contributed by atoms with Crippen molar-refractivity contribution in [2.75, 3.05) is 13.2 Å². The molecule has 0 radical (unpaired) electrons. The molecule has 1 aliphatic rings. The molecular weight excluding hydrogens is 240 g/mol. The summed E-state index contributed by atoms with van der Waals surface area (Å²) in [6, 6.07) is 7.27. The summed E-state index contributed by atoms with van der Waals surface area (Å²) in [5, 5.41) is -0.821. The highest BCUT2D eigenvalue weighted by Gasteiger charge is 2.32. The van der Waals surface area contributed by atoms with Crippen LogP contribution in [0.2, 0.25) is 0 Å². The van der Waals surface area contributed by atoms with Gasteiger partial charge < -0.3 is 9.47 Å². The third kappa shape index (κ3) is 2.61. The van der Waals surface area contributed by atoms with Crippen LogP contribution in [0.25, 0.3) is 0 Å². The van der Waals surface area contributed by atoms with Crippen molar-refractivity contribution in [2.45, 2.75) is 17.1 Å². The molecule has 0 fully saturated rings. The quantitative estimate of drug-likeness (QED) is 0.592. The Morgan fingerprint density at radius 1 is 1.53 bits per heavy atom. The number of thioether (sulfide) groups is 1. The first-order valence-corrected chi connectivity index (χ1v) is 6.18. The molecule has 0 aromatic heterocycles. The van der Waals surface area contributed by atoms with Gasteiger partial charge in [-0.05, 0) is 19.1 Å². The molecule has 1 heterocycles. The van der Waals surface area contributed by atoms with E-state index in [0.29, 0.717) is 5.75 Å². The van der Waals surface area contributed by atoms with Crippen molar-refractivity contribution in [1.82, 2.24) is 0 Å². The third-order valence-electron chi connectivity index (χ3n) is 2.26. The summed E-state index contributed by atoms with van der Waals surface area (Å²) in [4.78, 5) is 24.2. The molecule has 0 saturated carbocycles. The lowest BCUT2D eigenvalue weighted by Crippen LogP contribution is -2.31. The molecule has 90 valence electrons. The van der Waals surface area contributed by atoms with E-state index in [4.69, 9.17) is 9.47 Å². The predicted octanol–water partition coefficient (Wildman–Crippen LogP) is 1.67. The number of carbonyl (C=O) groups is 2. The highest BCUT2D eigenvalue weighted by atomic mass is 32.2. The summed E-state index contributed by atoms with van der Waals surface area (Å²) in [5.41, 5.74) is 0. The minimum atomic E-state index is -0.821. The van der Waals surface area contributed by atoms with Gasteiger partial charge in [0, 0.05) is 0 Å². The summed E-state index contributed by atoms with van der Waals surface area (Å²) in [5.74, 6) is -0.120. The molecule has 0 aliphatic carbocycles. The van der Waals surface area contributed by atoms with Crippen molar-refractivity contribution < 1.29 is 19.1 Å². The van der Waals surface area contributed by atoms with Gasteiger partial charge in [-0.2, -0.15) is 0 Å². The molecule has 5 heteroatoms. The molecule has 0 saturated heterocycles. The van der Waals surface area contributed by atoms with Crippen LogP contribution < -0.4 is 4.74 Å². The number of esters is 1. The fourth-order valence-electron chi connectivity index (χ4n) is 1.48. The van der Waals surface area contributed by atoms with Crippen LogP contribution in [0.5, 0.6) is 5.75 Å². The molecule has 1 atom stereocenters. The zero-order chi connectivity index (χ0) is 12.3. The van der Waals surface area contributed by atoms with Gasteiger partial charge in [0.05, 0.1) is 11.5 Å². The Labute approximate surface area is 103 Å². The highest BCUT2D eigenvalue weighted by Crippen LogP contribution is 2.35. The summed E-state index contributed by atoms with van der Waals surface area (Å²) in [6.45, 7) is 1.90. The number of ketones is 1. The molecule has 1 aromatic rings. The van der Waals surface area contributed by atoms with Crippen molar-refractivity contribution in [2.24, 2.45) is 0 Å². The number of benzene rings is 1. The monoisotopic (exact) mass is 252 g/mol. The average molecular weight is 252 g/mol. The van der Waals surface area contributed by atoms with Gasteiger partial charge in [0.1, 0.15) is 12.4 Å². The van der Waals surface area contributed by atoms with Gasteiger partial charge in [-0.3, -0.25) is 9.59 Å². The Bertz CT molecular complexity index is 436. The number of hydrogen-bond acceptors (Lipinski definition) is 5. The van der Waals surface area contributed by atoms with Gasteiger partial charge in [0.15, 0.2) is 11.0 Å². The molecule has 0 bridgehead atoms. The van der Waals surface area contributed by atoms with E-state index in [2.05, 4.69) is 0 Å². The van der Waals surface area contributed by atoms with Crippen LogP contribution in [-0.4, -0.2) is 30.2 Å². The van der Waals surface area contributed by atoms with Gasteiger partial charge in [0.25, 0.3) is 0 Å². The molecule has 17 heavy (non-hydrogen) atoms. The standard InChI is InChI=1S/C12H12O4S/c1-2-15-12(14)11-8(13)7-16-9-5-3-4-6-10(9)17-11/h3-6,11H,2,7H2,1H3. The minimum Gasteiger partial charge on any atom is -0.485 e. The maximum atomic E-state index is 11.8. The Morgan fingerprint density at radius 3 is 3.06 bits per heavy atom. The van der Waals surface area contributed by atoms with Gasteiger partial charge in [-0.15, -0.1) is 0 Å². The van der Waals surface area contributed by atoms with Crippen LogP contribution in [0.1, 0.15) is 6.92 Å². The average Bonchev–Trinajstić information content (AvgIpc) is 2.50. The lowest BCUT2D eigenvalue weighted by Gasteiger charge is -2.10. The first-order valence-electron chi connectivity index (χ1n) is 5.30. The van der Waals surface area contributed by atoms with Crippen molar-refractivity contribution in [3.63, 3.8) is 0 Å². The second-order valence-electron chi connectivity index (χ2n) is 3.45. The Morgan fingerprint density at radius 2 is 2.29 bits per heavy atom. The van der Waals surface area contributed by atoms with Crippen LogP contribution in [0.4, 0.5) is 0 Å².